The summed E-state index contributed by atoms with van der Waals surface area (Å²) in [4.78, 5) is 18.5. The lowest BCUT2D eigenvalue weighted by atomic mass is 10.1. The van der Waals surface area contributed by atoms with E-state index in [1.807, 2.05) is 29.2 Å². The lowest BCUT2D eigenvalue weighted by Crippen LogP contribution is -2.36. The molecule has 1 aromatic carbocycles. The minimum Gasteiger partial charge on any atom is -0.353 e. The smallest absolute Gasteiger partial charge is 0.272 e. The summed E-state index contributed by atoms with van der Waals surface area (Å²) in [6.45, 7) is 1.63. The van der Waals surface area contributed by atoms with Gasteiger partial charge in [-0.15, -0.1) is 0 Å². The van der Waals surface area contributed by atoms with Gasteiger partial charge in [0.15, 0.2) is 0 Å². The van der Waals surface area contributed by atoms with Crippen molar-refractivity contribution >= 4 is 17.3 Å². The van der Waals surface area contributed by atoms with Crippen LogP contribution in [0.15, 0.2) is 42.6 Å². The summed E-state index contributed by atoms with van der Waals surface area (Å²) < 4.78 is 0. The Morgan fingerprint density at radius 3 is 2.61 bits per heavy atom. The fourth-order valence-corrected chi connectivity index (χ4v) is 2.70. The zero-order valence-electron chi connectivity index (χ0n) is 12.8. The van der Waals surface area contributed by atoms with Crippen molar-refractivity contribution in [1.29, 1.82) is 5.26 Å². The zero-order valence-corrected chi connectivity index (χ0v) is 12.8. The van der Waals surface area contributed by atoms with Gasteiger partial charge in [0.05, 0.1) is 23.1 Å². The lowest BCUT2D eigenvalue weighted by molar-refractivity contribution is 0.0718. The van der Waals surface area contributed by atoms with E-state index in [0.29, 0.717) is 11.3 Å². The molecule has 1 aliphatic rings. The summed E-state index contributed by atoms with van der Waals surface area (Å²) in [6.07, 6.45) is 4.95. The van der Waals surface area contributed by atoms with Gasteiger partial charge in [0.2, 0.25) is 0 Å². The van der Waals surface area contributed by atoms with Gasteiger partial charge in [-0.25, -0.2) is 4.98 Å². The average molecular weight is 306 g/mol. The van der Waals surface area contributed by atoms with E-state index in [2.05, 4.69) is 16.4 Å². The molecule has 1 aromatic heterocycles. The van der Waals surface area contributed by atoms with E-state index in [0.717, 1.165) is 37.3 Å². The second-order valence-electron chi connectivity index (χ2n) is 5.57. The first-order valence-corrected chi connectivity index (χ1v) is 7.79. The van der Waals surface area contributed by atoms with Crippen molar-refractivity contribution in [2.45, 2.75) is 19.3 Å². The summed E-state index contributed by atoms with van der Waals surface area (Å²) in [5.41, 5.74) is 2.52. The minimum atomic E-state index is -0.00586. The van der Waals surface area contributed by atoms with E-state index in [9.17, 15) is 4.79 Å². The third-order valence-corrected chi connectivity index (χ3v) is 3.95. The molecular weight excluding hydrogens is 288 g/mol. The molecule has 0 saturated carbocycles. The van der Waals surface area contributed by atoms with Crippen LogP contribution in [-0.4, -0.2) is 28.9 Å². The van der Waals surface area contributed by atoms with Crippen LogP contribution >= 0.6 is 0 Å². The van der Waals surface area contributed by atoms with Gasteiger partial charge >= 0.3 is 0 Å². The Hall–Kier alpha value is -2.87. The highest BCUT2D eigenvalue weighted by Gasteiger charge is 2.18. The van der Waals surface area contributed by atoms with E-state index < -0.39 is 0 Å². The van der Waals surface area contributed by atoms with Crippen LogP contribution in [0.2, 0.25) is 0 Å². The van der Waals surface area contributed by atoms with Gasteiger partial charge in [-0.05, 0) is 43.5 Å². The molecular formula is C18H18N4O. The number of nitrogens with one attached hydrogen (secondary N) is 1. The topological polar surface area (TPSA) is 69.0 Å². The number of carbonyl (C=O) groups excluding carboxylic acids is 1. The van der Waals surface area contributed by atoms with Gasteiger partial charge in [-0.1, -0.05) is 12.1 Å². The molecule has 2 aromatic rings. The van der Waals surface area contributed by atoms with Crippen molar-refractivity contribution in [3.05, 3.63) is 53.9 Å². The Morgan fingerprint density at radius 1 is 1.13 bits per heavy atom. The summed E-state index contributed by atoms with van der Waals surface area (Å²) in [5, 5.41) is 12.3. The molecule has 2 heterocycles. The molecule has 0 spiro atoms. The van der Waals surface area contributed by atoms with Gasteiger partial charge < -0.3 is 10.2 Å². The van der Waals surface area contributed by atoms with Gasteiger partial charge in [0.25, 0.3) is 5.91 Å². The van der Waals surface area contributed by atoms with Crippen molar-refractivity contribution in [3.63, 3.8) is 0 Å². The highest BCUT2D eigenvalue weighted by Crippen LogP contribution is 2.20. The number of piperidine rings is 1. The molecule has 1 amide bonds. The summed E-state index contributed by atoms with van der Waals surface area (Å²) in [7, 11) is 0. The molecule has 5 nitrogen and oxygen atoms in total. The SMILES string of the molecule is N#Cc1ccccc1Nc1ccc(C(=O)N2CCCCC2)nc1. The molecule has 1 N–H and O–H groups in total. The number of pyridine rings is 1. The molecule has 0 aliphatic carbocycles. The highest BCUT2D eigenvalue weighted by atomic mass is 16.2. The Labute approximate surface area is 135 Å². The number of carbonyl (C=O) groups is 1. The number of anilines is 2. The van der Waals surface area contributed by atoms with Crippen LogP contribution in [-0.2, 0) is 0 Å². The molecule has 116 valence electrons. The monoisotopic (exact) mass is 306 g/mol. The third kappa shape index (κ3) is 3.49. The predicted molar refractivity (Wildman–Crippen MR) is 88.4 cm³/mol. The van der Waals surface area contributed by atoms with Crippen LogP contribution in [0.5, 0.6) is 0 Å². The summed E-state index contributed by atoms with van der Waals surface area (Å²) >= 11 is 0. The molecule has 0 radical (unpaired) electrons. The largest absolute Gasteiger partial charge is 0.353 e. The molecule has 0 bridgehead atoms. The normalized spacial score (nSPS) is 14.1. The minimum absolute atomic E-state index is 0.00586. The number of para-hydroxylation sites is 1. The van der Waals surface area contributed by atoms with Gasteiger partial charge in [0, 0.05) is 13.1 Å². The third-order valence-electron chi connectivity index (χ3n) is 3.95. The van der Waals surface area contributed by atoms with Gasteiger partial charge in [-0.2, -0.15) is 5.26 Å². The fourth-order valence-electron chi connectivity index (χ4n) is 2.70. The maximum atomic E-state index is 12.4. The van der Waals surface area contributed by atoms with E-state index in [1.165, 1.54) is 6.42 Å². The molecule has 1 saturated heterocycles. The summed E-state index contributed by atoms with van der Waals surface area (Å²) in [5.74, 6) is -0.00586. The quantitative estimate of drug-likeness (QED) is 0.944. The number of aromatic nitrogens is 1. The molecule has 3 rings (SSSR count). The summed E-state index contributed by atoms with van der Waals surface area (Å²) in [6, 6.07) is 13.0. The molecule has 23 heavy (non-hydrogen) atoms. The van der Waals surface area contributed by atoms with Gasteiger partial charge in [-0.3, -0.25) is 4.79 Å². The molecule has 1 fully saturated rings. The van der Waals surface area contributed by atoms with Crippen LogP contribution < -0.4 is 5.32 Å². The first-order chi connectivity index (χ1) is 11.3. The van der Waals surface area contributed by atoms with E-state index in [4.69, 9.17) is 5.26 Å². The maximum absolute atomic E-state index is 12.4. The molecule has 5 heteroatoms. The van der Waals surface area contributed by atoms with Crippen molar-refractivity contribution in [1.82, 2.24) is 9.88 Å². The lowest BCUT2D eigenvalue weighted by Gasteiger charge is -2.26. The first kappa shape index (κ1) is 15.0. The number of rotatable bonds is 3. The number of benzene rings is 1. The number of likely N-dealkylation sites (tertiary alicyclic amines) is 1. The van der Waals surface area contributed by atoms with E-state index in [-0.39, 0.29) is 5.91 Å². The number of nitriles is 1. The zero-order chi connectivity index (χ0) is 16.1. The predicted octanol–water partition coefficient (Wildman–Crippen LogP) is 3.32. The second kappa shape index (κ2) is 6.93. The van der Waals surface area contributed by atoms with Crippen LogP contribution in [0, 0.1) is 11.3 Å². The highest BCUT2D eigenvalue weighted by molar-refractivity contribution is 5.92. The number of hydrogen-bond acceptors (Lipinski definition) is 4. The Bertz CT molecular complexity index is 727. The molecule has 0 atom stereocenters. The second-order valence-corrected chi connectivity index (χ2v) is 5.57. The van der Waals surface area contributed by atoms with Crippen molar-refractivity contribution in [2.75, 3.05) is 18.4 Å². The number of nitrogens with zero attached hydrogens (tertiary/aromatic N) is 3. The number of amides is 1. The van der Waals surface area contributed by atoms with Crippen LogP contribution in [0.4, 0.5) is 11.4 Å². The van der Waals surface area contributed by atoms with Crippen molar-refractivity contribution < 1.29 is 4.79 Å². The molecule has 0 unspecified atom stereocenters. The standard InChI is InChI=1S/C18H18N4O/c19-12-14-6-2-3-7-16(14)21-15-8-9-17(20-13-15)18(23)22-10-4-1-5-11-22/h2-3,6-9,13,21H,1,4-5,10-11H2. The van der Waals surface area contributed by atoms with Crippen LogP contribution in [0.3, 0.4) is 0 Å². The van der Waals surface area contributed by atoms with Crippen LogP contribution in [0.25, 0.3) is 0 Å². The van der Waals surface area contributed by atoms with Crippen molar-refractivity contribution in [2.24, 2.45) is 0 Å². The maximum Gasteiger partial charge on any atom is 0.272 e. The Balaban J connectivity index is 1.72. The fraction of sp³-hybridized carbons (Fsp3) is 0.278. The van der Waals surface area contributed by atoms with E-state index >= 15 is 0 Å². The molecule has 1 aliphatic heterocycles. The Kier molecular flexibility index (Phi) is 4.53. The van der Waals surface area contributed by atoms with Crippen LogP contribution in [0.1, 0.15) is 35.3 Å². The van der Waals surface area contributed by atoms with Gasteiger partial charge in [0.1, 0.15) is 11.8 Å². The first-order valence-electron chi connectivity index (χ1n) is 7.79. The van der Waals surface area contributed by atoms with Crippen molar-refractivity contribution in [3.8, 4) is 6.07 Å². The van der Waals surface area contributed by atoms with E-state index in [1.54, 1.807) is 18.3 Å². The number of hydrogen-bond donors (Lipinski definition) is 1. The Morgan fingerprint density at radius 2 is 1.91 bits per heavy atom. The average Bonchev–Trinajstić information content (AvgIpc) is 2.63.